The summed E-state index contributed by atoms with van der Waals surface area (Å²) in [4.78, 5) is 14.6. The number of rotatable bonds is 9. The molecule has 8 atom stereocenters. The van der Waals surface area contributed by atoms with Gasteiger partial charge < -0.3 is 35.3 Å². The molecule has 0 aromatic rings. The molecule has 0 radical (unpaired) electrons. The number of allylic oxidation sites excluding steroid dienone is 2. The lowest BCUT2D eigenvalue weighted by Gasteiger charge is -2.47. The van der Waals surface area contributed by atoms with Gasteiger partial charge >= 0.3 is 0 Å². The normalized spacial score (nSPS) is 38.4. The van der Waals surface area contributed by atoms with Gasteiger partial charge in [-0.15, -0.1) is 0 Å². The molecule has 2 saturated carbocycles. The first-order chi connectivity index (χ1) is 18.0. The molecule has 39 heavy (non-hydrogen) atoms. The molecular weight excluding hydrogens is 498 g/mol. The quantitative estimate of drug-likeness (QED) is 0.124. The Labute approximate surface area is 232 Å². The first-order valence-electron chi connectivity index (χ1n) is 14.3. The summed E-state index contributed by atoms with van der Waals surface area (Å²) in [5, 5.41) is 53.0. The van der Waals surface area contributed by atoms with E-state index in [-0.39, 0.29) is 65.9 Å². The summed E-state index contributed by atoms with van der Waals surface area (Å²) in [5.41, 5.74) is -1.60. The average molecular weight is 546 g/mol. The van der Waals surface area contributed by atoms with Crippen LogP contribution in [-0.2, 0) is 14.3 Å². The Balaban J connectivity index is 1.81. The number of hydrogen-bond donors (Lipinski definition) is 5. The molecule has 4 rings (SSSR count). The number of nitrogens with one attached hydrogen (secondary N) is 1. The van der Waals surface area contributed by atoms with Gasteiger partial charge in [0.25, 0.3) is 0 Å². The lowest BCUT2D eigenvalue weighted by Crippen LogP contribution is -2.60. The maximum atomic E-state index is 14.6. The van der Waals surface area contributed by atoms with Crippen molar-refractivity contribution < 1.29 is 34.7 Å². The molecule has 8 heteroatoms. The van der Waals surface area contributed by atoms with Gasteiger partial charge in [0.1, 0.15) is 17.5 Å². The van der Waals surface area contributed by atoms with Crippen LogP contribution in [0.4, 0.5) is 0 Å². The summed E-state index contributed by atoms with van der Waals surface area (Å²) in [7, 11) is 0. The number of carbonyl (C=O) groups excluding carboxylic acids is 1. The Hall–Kier alpha value is -1.84. The van der Waals surface area contributed by atoms with Crippen LogP contribution < -0.4 is 0 Å². The smallest absolute Gasteiger partial charge is 0.187 e. The molecule has 0 aromatic heterocycles. The fourth-order valence-corrected chi connectivity index (χ4v) is 7.91. The second kappa shape index (κ2) is 9.91. The Morgan fingerprint density at radius 3 is 2.46 bits per heavy atom. The van der Waals surface area contributed by atoms with Crippen LogP contribution in [0, 0.1) is 39.9 Å². The van der Waals surface area contributed by atoms with Crippen molar-refractivity contribution >= 4 is 11.5 Å². The van der Waals surface area contributed by atoms with Gasteiger partial charge in [-0.05, 0) is 67.9 Å². The monoisotopic (exact) mass is 545 g/mol. The predicted octanol–water partition coefficient (Wildman–Crippen LogP) is 4.59. The van der Waals surface area contributed by atoms with E-state index >= 15 is 0 Å². The van der Waals surface area contributed by atoms with Crippen molar-refractivity contribution in [2.75, 3.05) is 6.61 Å². The molecular formula is C31H47NO7. The van der Waals surface area contributed by atoms with Crippen molar-refractivity contribution in [3.63, 3.8) is 0 Å². The number of ether oxygens (including phenoxy) is 2. The summed E-state index contributed by atoms with van der Waals surface area (Å²) in [5.74, 6) is -1.70. The number of fused-ring (bicyclic) bond motifs is 3. The molecule has 5 N–H and O–H groups in total. The highest BCUT2D eigenvalue weighted by atomic mass is 16.6. The molecule has 2 bridgehead atoms. The minimum atomic E-state index is -1.74. The molecule has 0 amide bonds. The van der Waals surface area contributed by atoms with Gasteiger partial charge in [-0.3, -0.25) is 4.79 Å². The van der Waals surface area contributed by atoms with Crippen LogP contribution in [0.25, 0.3) is 0 Å². The molecule has 0 heterocycles. The first kappa shape index (κ1) is 30.1. The van der Waals surface area contributed by atoms with Gasteiger partial charge in [-0.1, -0.05) is 46.8 Å². The topological polar surface area (TPSA) is 140 Å². The first-order valence-corrected chi connectivity index (χ1v) is 14.3. The van der Waals surface area contributed by atoms with Gasteiger partial charge in [-0.2, -0.15) is 0 Å². The third-order valence-corrected chi connectivity index (χ3v) is 10.00. The molecule has 1 spiro atoms. The Morgan fingerprint density at radius 1 is 1.26 bits per heavy atom. The van der Waals surface area contributed by atoms with E-state index in [2.05, 4.69) is 13.8 Å². The average Bonchev–Trinajstić information content (AvgIpc) is 3.35. The molecule has 5 unspecified atom stereocenters. The van der Waals surface area contributed by atoms with E-state index in [0.717, 1.165) is 6.42 Å². The number of ketones is 1. The van der Waals surface area contributed by atoms with Gasteiger partial charge in [0, 0.05) is 24.5 Å². The van der Waals surface area contributed by atoms with Crippen LogP contribution in [0.15, 0.2) is 34.6 Å². The van der Waals surface area contributed by atoms with E-state index in [9.17, 15) is 25.2 Å². The third kappa shape index (κ3) is 4.66. The van der Waals surface area contributed by atoms with Crippen molar-refractivity contribution in [2.45, 2.75) is 105 Å². The van der Waals surface area contributed by atoms with Crippen LogP contribution in [-0.4, -0.2) is 62.3 Å². The highest BCUT2D eigenvalue weighted by molar-refractivity contribution is 5.98. The second-order valence-electron chi connectivity index (χ2n) is 13.3. The van der Waals surface area contributed by atoms with E-state index in [1.54, 1.807) is 20.8 Å². The van der Waals surface area contributed by atoms with E-state index in [4.69, 9.17) is 14.9 Å². The second-order valence-corrected chi connectivity index (χ2v) is 13.3. The zero-order valence-electron chi connectivity index (χ0n) is 24.7. The van der Waals surface area contributed by atoms with Crippen molar-refractivity contribution in [2.24, 2.45) is 34.5 Å². The zero-order chi connectivity index (χ0) is 29.3. The summed E-state index contributed by atoms with van der Waals surface area (Å²) in [6, 6.07) is 0. The van der Waals surface area contributed by atoms with E-state index in [1.807, 2.05) is 19.1 Å². The minimum Gasteiger partial charge on any atom is -0.512 e. The van der Waals surface area contributed by atoms with Crippen LogP contribution in [0.2, 0.25) is 0 Å². The Bertz CT molecular complexity index is 1130. The summed E-state index contributed by atoms with van der Waals surface area (Å²) >= 11 is 0. The van der Waals surface area contributed by atoms with Crippen molar-refractivity contribution in [1.29, 1.82) is 5.41 Å². The molecule has 2 fully saturated rings. The molecule has 0 saturated heterocycles. The molecule has 218 valence electrons. The van der Waals surface area contributed by atoms with Crippen molar-refractivity contribution in [3.8, 4) is 0 Å². The maximum absolute atomic E-state index is 14.6. The number of aliphatic hydroxyl groups is 4. The largest absolute Gasteiger partial charge is 0.512 e. The number of carbonyl (C=O) groups is 1. The fraction of sp³-hybridized carbons (Fsp3) is 0.742. The van der Waals surface area contributed by atoms with Gasteiger partial charge in [0.05, 0.1) is 17.6 Å². The van der Waals surface area contributed by atoms with Crippen molar-refractivity contribution in [1.82, 2.24) is 0 Å². The minimum absolute atomic E-state index is 0.00127. The van der Waals surface area contributed by atoms with E-state index in [0.29, 0.717) is 17.1 Å². The molecule has 8 nitrogen and oxygen atoms in total. The molecule has 0 aliphatic heterocycles. The standard InChI is InChI=1S/C31H47NO7/c1-9-21(32)23(22(33)10-2)27(35)39-26-16(3)13-30-17(4)11-20-24(28(20,5)6)19(25(30)34)12-18(14-31(26,30)37)15-38-29(7,8)36/h12-13,17,19-20,24,26-27,32-33,35-37H,9-11,14-15H2,1-8H3/b23-22+,32-21?/t17-,19?,20?,24?,26?,27+,30+,31?/m1/s1. The molecule has 4 aliphatic rings. The molecule has 0 aromatic carbocycles. The van der Waals surface area contributed by atoms with Crippen LogP contribution in [0.3, 0.4) is 0 Å². The van der Waals surface area contributed by atoms with Crippen LogP contribution in [0.5, 0.6) is 0 Å². The Kier molecular flexibility index (Phi) is 7.66. The summed E-state index contributed by atoms with van der Waals surface area (Å²) < 4.78 is 11.9. The third-order valence-electron chi connectivity index (χ3n) is 10.00. The SMILES string of the molecule is CCC(=N)/C(=C(\O)CC)[C@@H](O)OC1C(C)=C[C@]23C(=O)C(C=C(COC(C)(C)O)CC12O)C1C(C[C@H]3C)C1(C)C. The van der Waals surface area contributed by atoms with E-state index in [1.165, 1.54) is 13.8 Å². The fourth-order valence-electron chi connectivity index (χ4n) is 7.91. The van der Waals surface area contributed by atoms with Gasteiger partial charge in [0.2, 0.25) is 0 Å². The zero-order valence-corrected chi connectivity index (χ0v) is 24.7. The van der Waals surface area contributed by atoms with Crippen molar-refractivity contribution in [3.05, 3.63) is 34.6 Å². The van der Waals surface area contributed by atoms with Gasteiger partial charge in [0.15, 0.2) is 17.9 Å². The predicted molar refractivity (Wildman–Crippen MR) is 148 cm³/mol. The number of hydrogen-bond acceptors (Lipinski definition) is 8. The number of aliphatic hydroxyl groups excluding tert-OH is 2. The van der Waals surface area contributed by atoms with E-state index < -0.39 is 35.1 Å². The van der Waals surface area contributed by atoms with Crippen LogP contribution in [0.1, 0.15) is 81.1 Å². The number of Topliss-reactive ketones (excluding diaryl/α,β-unsaturated/α-hetero) is 1. The summed E-state index contributed by atoms with van der Waals surface area (Å²) in [6.07, 6.45) is 2.43. The lowest BCUT2D eigenvalue weighted by atomic mass is 9.59. The lowest BCUT2D eigenvalue weighted by molar-refractivity contribution is -0.201. The maximum Gasteiger partial charge on any atom is 0.187 e. The molecule has 4 aliphatic carbocycles. The highest BCUT2D eigenvalue weighted by Gasteiger charge is 2.74. The van der Waals surface area contributed by atoms with Gasteiger partial charge in [-0.25, -0.2) is 0 Å². The summed E-state index contributed by atoms with van der Waals surface area (Å²) in [6.45, 7) is 14.8. The van der Waals surface area contributed by atoms with Crippen LogP contribution >= 0.6 is 0 Å². The highest BCUT2D eigenvalue weighted by Crippen LogP contribution is 2.71. The Morgan fingerprint density at radius 2 is 1.90 bits per heavy atom.